The van der Waals surface area contributed by atoms with E-state index in [1.807, 2.05) is 24.3 Å². The normalized spacial score (nSPS) is 10.7. The maximum Gasteiger partial charge on any atom is 0.119 e. The molecule has 1 N–H and O–H groups in total. The van der Waals surface area contributed by atoms with Crippen molar-refractivity contribution in [2.45, 2.75) is 13.0 Å². The number of hydrogen-bond acceptors (Lipinski definition) is 2. The minimum Gasteiger partial charge on any atom is -0.497 e. The Hall–Kier alpha value is -2.52. The molecule has 3 nitrogen and oxygen atoms in total. The lowest BCUT2D eigenvalue weighted by molar-refractivity contribution is 0.414. The predicted molar refractivity (Wildman–Crippen MR) is 94.2 cm³/mol. The number of aromatic nitrogens is 1. The lowest BCUT2D eigenvalue weighted by Crippen LogP contribution is -2.17. The maximum atomic E-state index is 5.26. The molecule has 1 heterocycles. The molecular weight excluding hydrogens is 284 g/mol. The molecule has 3 heteroatoms. The Morgan fingerprint density at radius 3 is 2.61 bits per heavy atom. The van der Waals surface area contributed by atoms with Crippen molar-refractivity contribution in [1.82, 2.24) is 9.88 Å². The van der Waals surface area contributed by atoms with Crippen molar-refractivity contribution in [3.8, 4) is 11.4 Å². The number of rotatable bonds is 7. The van der Waals surface area contributed by atoms with Gasteiger partial charge in [0.25, 0.3) is 0 Å². The molecule has 0 fully saturated rings. The van der Waals surface area contributed by atoms with Crippen LogP contribution in [0.4, 0.5) is 0 Å². The second-order valence-corrected chi connectivity index (χ2v) is 5.50. The molecule has 1 aromatic heterocycles. The quantitative estimate of drug-likeness (QED) is 0.672. The van der Waals surface area contributed by atoms with Crippen LogP contribution in [0.1, 0.15) is 11.1 Å². The summed E-state index contributed by atoms with van der Waals surface area (Å²) in [7, 11) is 1.70. The average Bonchev–Trinajstić information content (AvgIpc) is 3.14. The first kappa shape index (κ1) is 15.4. The van der Waals surface area contributed by atoms with Gasteiger partial charge in [-0.25, -0.2) is 0 Å². The molecule has 3 rings (SSSR count). The van der Waals surface area contributed by atoms with Gasteiger partial charge in [-0.3, -0.25) is 0 Å². The molecule has 0 aliphatic heterocycles. The molecule has 0 aliphatic carbocycles. The first-order valence-corrected chi connectivity index (χ1v) is 7.92. The molecule has 0 aliphatic rings. The summed E-state index contributed by atoms with van der Waals surface area (Å²) in [6.45, 7) is 1.80. The Bertz CT molecular complexity index is 735. The number of benzene rings is 2. The molecule has 0 unspecified atom stereocenters. The number of nitrogens with one attached hydrogen (secondary N) is 1. The van der Waals surface area contributed by atoms with Crippen LogP contribution in [0.25, 0.3) is 5.69 Å². The molecule has 0 saturated heterocycles. The molecule has 0 atom stereocenters. The number of ether oxygens (including phenoxy) is 1. The van der Waals surface area contributed by atoms with Crippen molar-refractivity contribution in [1.29, 1.82) is 0 Å². The fraction of sp³-hybridized carbons (Fsp3) is 0.200. The summed E-state index contributed by atoms with van der Waals surface area (Å²) in [4.78, 5) is 0. The fourth-order valence-corrected chi connectivity index (χ4v) is 2.69. The van der Waals surface area contributed by atoms with Gasteiger partial charge >= 0.3 is 0 Å². The van der Waals surface area contributed by atoms with Gasteiger partial charge in [-0.15, -0.1) is 0 Å². The standard InChI is InChI=1S/C20H22N2O/c1-23-19-9-6-7-17(15-19)11-12-21-16-18-8-2-3-10-20(18)22-13-4-5-14-22/h2-10,13-15,21H,11-12,16H2,1H3. The Morgan fingerprint density at radius 1 is 0.957 bits per heavy atom. The van der Waals surface area contributed by atoms with Gasteiger partial charge in [-0.2, -0.15) is 0 Å². The van der Waals surface area contributed by atoms with Gasteiger partial charge in [0.05, 0.1) is 7.11 Å². The van der Waals surface area contributed by atoms with Gasteiger partial charge in [0.2, 0.25) is 0 Å². The lowest BCUT2D eigenvalue weighted by Gasteiger charge is -2.12. The number of hydrogen-bond donors (Lipinski definition) is 1. The average molecular weight is 306 g/mol. The maximum absolute atomic E-state index is 5.26. The third-order valence-corrected chi connectivity index (χ3v) is 3.91. The summed E-state index contributed by atoms with van der Waals surface area (Å²) >= 11 is 0. The van der Waals surface area contributed by atoms with Crippen molar-refractivity contribution in [2.75, 3.05) is 13.7 Å². The zero-order valence-electron chi connectivity index (χ0n) is 13.4. The zero-order chi connectivity index (χ0) is 15.9. The molecule has 0 amide bonds. The van der Waals surface area contributed by atoms with Crippen LogP contribution in [-0.4, -0.2) is 18.2 Å². The summed E-state index contributed by atoms with van der Waals surface area (Å²) < 4.78 is 7.42. The molecule has 0 saturated carbocycles. The van der Waals surface area contributed by atoms with Crippen molar-refractivity contribution in [3.63, 3.8) is 0 Å². The van der Waals surface area contributed by atoms with E-state index in [1.165, 1.54) is 16.8 Å². The van der Waals surface area contributed by atoms with Crippen LogP contribution in [0.15, 0.2) is 73.1 Å². The van der Waals surface area contributed by atoms with Crippen LogP contribution in [0, 0.1) is 0 Å². The first-order valence-electron chi connectivity index (χ1n) is 7.92. The Balaban J connectivity index is 1.57. The van der Waals surface area contributed by atoms with Crippen LogP contribution in [0.2, 0.25) is 0 Å². The van der Waals surface area contributed by atoms with Crippen molar-refractivity contribution in [3.05, 3.63) is 84.2 Å². The van der Waals surface area contributed by atoms with E-state index in [9.17, 15) is 0 Å². The molecule has 3 aromatic rings. The third-order valence-electron chi connectivity index (χ3n) is 3.91. The van der Waals surface area contributed by atoms with Gasteiger partial charge in [0, 0.05) is 24.6 Å². The number of methoxy groups -OCH3 is 1. The Morgan fingerprint density at radius 2 is 1.78 bits per heavy atom. The summed E-state index contributed by atoms with van der Waals surface area (Å²) in [5.41, 5.74) is 3.82. The molecule has 0 bridgehead atoms. The van der Waals surface area contributed by atoms with Crippen LogP contribution in [-0.2, 0) is 13.0 Å². The molecule has 0 radical (unpaired) electrons. The fourth-order valence-electron chi connectivity index (χ4n) is 2.69. The van der Waals surface area contributed by atoms with Gasteiger partial charge < -0.3 is 14.6 Å². The highest BCUT2D eigenvalue weighted by molar-refractivity contribution is 5.41. The monoisotopic (exact) mass is 306 g/mol. The highest BCUT2D eigenvalue weighted by Gasteiger charge is 2.03. The molecule has 0 spiro atoms. The predicted octanol–water partition coefficient (Wildman–Crippen LogP) is 3.82. The first-order chi connectivity index (χ1) is 11.4. The van der Waals surface area contributed by atoms with Crippen molar-refractivity contribution < 1.29 is 4.74 Å². The molecule has 118 valence electrons. The van der Waals surface area contributed by atoms with Crippen LogP contribution >= 0.6 is 0 Å². The van der Waals surface area contributed by atoms with Gasteiger partial charge in [-0.1, -0.05) is 30.3 Å². The minimum absolute atomic E-state index is 0.859. The van der Waals surface area contributed by atoms with Gasteiger partial charge in [0.15, 0.2) is 0 Å². The largest absolute Gasteiger partial charge is 0.497 e. The highest BCUT2D eigenvalue weighted by Crippen LogP contribution is 2.15. The zero-order valence-corrected chi connectivity index (χ0v) is 13.4. The SMILES string of the molecule is COc1cccc(CCNCc2ccccc2-n2cccc2)c1. The Labute approximate surface area is 137 Å². The van der Waals surface area contributed by atoms with Gasteiger partial charge in [0.1, 0.15) is 5.75 Å². The number of nitrogens with zero attached hydrogens (tertiary/aromatic N) is 1. The summed E-state index contributed by atoms with van der Waals surface area (Å²) in [6, 6.07) is 20.8. The summed E-state index contributed by atoms with van der Waals surface area (Å²) in [5, 5.41) is 3.54. The van der Waals surface area contributed by atoms with Gasteiger partial charge in [-0.05, 0) is 54.4 Å². The van der Waals surface area contributed by atoms with Crippen LogP contribution < -0.4 is 10.1 Å². The number of para-hydroxylation sites is 1. The van der Waals surface area contributed by atoms with E-state index in [0.29, 0.717) is 0 Å². The smallest absolute Gasteiger partial charge is 0.119 e. The van der Waals surface area contributed by atoms with E-state index in [-0.39, 0.29) is 0 Å². The van der Waals surface area contributed by atoms with E-state index in [2.05, 4.69) is 58.7 Å². The summed E-state index contributed by atoms with van der Waals surface area (Å²) in [5.74, 6) is 0.917. The van der Waals surface area contributed by atoms with Crippen molar-refractivity contribution in [2.24, 2.45) is 0 Å². The van der Waals surface area contributed by atoms with E-state index in [1.54, 1.807) is 7.11 Å². The van der Waals surface area contributed by atoms with E-state index < -0.39 is 0 Å². The van der Waals surface area contributed by atoms with E-state index >= 15 is 0 Å². The van der Waals surface area contributed by atoms with E-state index in [4.69, 9.17) is 4.74 Å². The third kappa shape index (κ3) is 4.02. The second-order valence-electron chi connectivity index (χ2n) is 5.50. The second kappa shape index (κ2) is 7.65. The molecule has 2 aromatic carbocycles. The minimum atomic E-state index is 0.859. The topological polar surface area (TPSA) is 26.2 Å². The van der Waals surface area contributed by atoms with E-state index in [0.717, 1.165) is 25.3 Å². The molecule has 23 heavy (non-hydrogen) atoms. The van der Waals surface area contributed by atoms with Crippen LogP contribution in [0.5, 0.6) is 5.75 Å². The van der Waals surface area contributed by atoms with Crippen LogP contribution in [0.3, 0.4) is 0 Å². The Kier molecular flexibility index (Phi) is 5.12. The summed E-state index contributed by atoms with van der Waals surface area (Å²) in [6.07, 6.45) is 5.15. The lowest BCUT2D eigenvalue weighted by atomic mass is 10.1. The van der Waals surface area contributed by atoms with Crippen molar-refractivity contribution >= 4 is 0 Å². The highest BCUT2D eigenvalue weighted by atomic mass is 16.5. The molecular formula is C20H22N2O.